The maximum Gasteiger partial charge on any atom is 0.242 e. The van der Waals surface area contributed by atoms with Crippen molar-refractivity contribution in [3.05, 3.63) is 28.2 Å². The van der Waals surface area contributed by atoms with Crippen molar-refractivity contribution >= 4 is 27.5 Å². The summed E-state index contributed by atoms with van der Waals surface area (Å²) in [4.78, 5) is 14.2. The lowest BCUT2D eigenvalue weighted by Crippen LogP contribution is -2.42. The molecule has 4 nitrogen and oxygen atoms in total. The molecule has 1 amide bonds. The van der Waals surface area contributed by atoms with Gasteiger partial charge in [0.15, 0.2) is 0 Å². The van der Waals surface area contributed by atoms with Gasteiger partial charge >= 0.3 is 0 Å². The predicted molar refractivity (Wildman–Crippen MR) is 88.4 cm³/mol. The van der Waals surface area contributed by atoms with Gasteiger partial charge in [0.25, 0.3) is 0 Å². The van der Waals surface area contributed by atoms with Gasteiger partial charge in [-0.1, -0.05) is 22.0 Å². The highest BCUT2D eigenvalue weighted by Gasteiger charge is 2.30. The fourth-order valence-corrected chi connectivity index (χ4v) is 3.42. The van der Waals surface area contributed by atoms with Crippen LogP contribution in [0.15, 0.2) is 22.7 Å². The second-order valence-corrected chi connectivity index (χ2v) is 6.75. The van der Waals surface area contributed by atoms with Crippen molar-refractivity contribution in [3.63, 3.8) is 0 Å². The van der Waals surface area contributed by atoms with Crippen LogP contribution in [0.3, 0.4) is 0 Å². The smallest absolute Gasteiger partial charge is 0.242 e. The maximum atomic E-state index is 12.0. The van der Waals surface area contributed by atoms with Crippen molar-refractivity contribution in [2.45, 2.75) is 44.3 Å². The topological polar surface area (TPSA) is 44.4 Å². The molecule has 1 aliphatic carbocycles. The number of nitrogens with zero attached hydrogens (tertiary/aromatic N) is 1. The van der Waals surface area contributed by atoms with E-state index in [1.165, 1.54) is 18.4 Å². The zero-order valence-electron chi connectivity index (χ0n) is 12.4. The van der Waals surface area contributed by atoms with Crippen molar-refractivity contribution in [3.8, 4) is 0 Å². The maximum absolute atomic E-state index is 12.0. The van der Waals surface area contributed by atoms with Gasteiger partial charge in [0, 0.05) is 36.3 Å². The standard InChI is InChI=1S/C16H22BrN3O/c1-18-16(21)15-3-2-8-20(15)13-7-4-11(14(17)9-13)10-19-12-5-6-12/h4,7,9,12,15,19H,2-3,5-6,8,10H2,1H3,(H,18,21). The fraction of sp³-hybridized carbons (Fsp3) is 0.562. The van der Waals surface area contributed by atoms with E-state index in [-0.39, 0.29) is 11.9 Å². The third-order valence-electron chi connectivity index (χ3n) is 4.33. The molecule has 0 bridgehead atoms. The van der Waals surface area contributed by atoms with E-state index in [4.69, 9.17) is 0 Å². The van der Waals surface area contributed by atoms with E-state index in [9.17, 15) is 4.79 Å². The Kier molecular flexibility index (Phi) is 4.50. The van der Waals surface area contributed by atoms with E-state index >= 15 is 0 Å². The molecule has 1 heterocycles. The number of amides is 1. The Morgan fingerprint density at radius 3 is 2.86 bits per heavy atom. The molecule has 1 aromatic carbocycles. The second-order valence-electron chi connectivity index (χ2n) is 5.90. The molecule has 0 spiro atoms. The summed E-state index contributed by atoms with van der Waals surface area (Å²) in [5.41, 5.74) is 2.41. The first-order valence-corrected chi connectivity index (χ1v) is 8.48. The van der Waals surface area contributed by atoms with Crippen LogP contribution in [0.2, 0.25) is 0 Å². The van der Waals surface area contributed by atoms with E-state index in [1.807, 2.05) is 0 Å². The highest BCUT2D eigenvalue weighted by Crippen LogP contribution is 2.30. The van der Waals surface area contributed by atoms with Crippen LogP contribution >= 0.6 is 15.9 Å². The van der Waals surface area contributed by atoms with E-state index < -0.39 is 0 Å². The minimum absolute atomic E-state index is 0.0302. The lowest BCUT2D eigenvalue weighted by molar-refractivity contribution is -0.121. The van der Waals surface area contributed by atoms with Crippen LogP contribution in [0.4, 0.5) is 5.69 Å². The van der Waals surface area contributed by atoms with Gasteiger partial charge in [0.05, 0.1) is 0 Å². The third-order valence-corrected chi connectivity index (χ3v) is 5.07. The predicted octanol–water partition coefficient (Wildman–Crippen LogP) is 2.42. The lowest BCUT2D eigenvalue weighted by Gasteiger charge is -2.26. The number of halogens is 1. The summed E-state index contributed by atoms with van der Waals surface area (Å²) in [6, 6.07) is 7.12. The molecule has 21 heavy (non-hydrogen) atoms. The first kappa shape index (κ1) is 14.9. The first-order valence-electron chi connectivity index (χ1n) is 7.69. The largest absolute Gasteiger partial charge is 0.359 e. The Balaban J connectivity index is 1.72. The van der Waals surface area contributed by atoms with Gasteiger partial charge in [-0.3, -0.25) is 4.79 Å². The highest BCUT2D eigenvalue weighted by atomic mass is 79.9. The van der Waals surface area contributed by atoms with E-state index in [1.54, 1.807) is 7.05 Å². The van der Waals surface area contributed by atoms with Crippen LogP contribution in [-0.2, 0) is 11.3 Å². The summed E-state index contributed by atoms with van der Waals surface area (Å²) in [7, 11) is 1.71. The molecule has 1 aromatic rings. The van der Waals surface area contributed by atoms with Crippen molar-refractivity contribution in [2.75, 3.05) is 18.5 Å². The molecule has 1 aliphatic heterocycles. The number of carbonyl (C=O) groups excluding carboxylic acids is 1. The van der Waals surface area contributed by atoms with Gasteiger partial charge < -0.3 is 15.5 Å². The highest BCUT2D eigenvalue weighted by molar-refractivity contribution is 9.10. The Bertz CT molecular complexity index is 530. The summed E-state index contributed by atoms with van der Waals surface area (Å²) < 4.78 is 1.12. The van der Waals surface area contributed by atoms with Gasteiger partial charge in [-0.15, -0.1) is 0 Å². The summed E-state index contributed by atoms with van der Waals surface area (Å²) >= 11 is 3.67. The summed E-state index contributed by atoms with van der Waals surface area (Å²) in [6.07, 6.45) is 4.61. The molecule has 2 N–H and O–H groups in total. The van der Waals surface area contributed by atoms with Crippen molar-refractivity contribution < 1.29 is 4.79 Å². The van der Waals surface area contributed by atoms with Crippen LogP contribution in [0.25, 0.3) is 0 Å². The molecule has 0 radical (unpaired) electrons. The molecule has 1 atom stereocenters. The van der Waals surface area contributed by atoms with E-state index in [0.717, 1.165) is 36.1 Å². The zero-order chi connectivity index (χ0) is 14.8. The Labute approximate surface area is 134 Å². The lowest BCUT2D eigenvalue weighted by atomic mass is 10.1. The number of nitrogens with one attached hydrogen (secondary N) is 2. The molecule has 2 fully saturated rings. The van der Waals surface area contributed by atoms with Crippen molar-refractivity contribution in [1.29, 1.82) is 0 Å². The van der Waals surface area contributed by atoms with Crippen LogP contribution in [0.1, 0.15) is 31.2 Å². The van der Waals surface area contributed by atoms with Crippen LogP contribution in [0.5, 0.6) is 0 Å². The van der Waals surface area contributed by atoms with Gasteiger partial charge in [0.2, 0.25) is 5.91 Å². The minimum Gasteiger partial charge on any atom is -0.359 e. The Hall–Kier alpha value is -1.07. The number of hydrogen-bond donors (Lipinski definition) is 2. The average Bonchev–Trinajstić information content (AvgIpc) is 3.19. The number of likely N-dealkylation sites (N-methyl/N-ethyl adjacent to an activating group) is 1. The molecule has 2 aliphatic rings. The van der Waals surface area contributed by atoms with Crippen LogP contribution in [-0.4, -0.2) is 31.6 Å². The summed E-state index contributed by atoms with van der Waals surface area (Å²) in [5, 5.41) is 6.30. The number of benzene rings is 1. The van der Waals surface area contributed by atoms with E-state index in [2.05, 4.69) is 49.7 Å². The number of rotatable bonds is 5. The SMILES string of the molecule is CNC(=O)C1CCCN1c1ccc(CNC2CC2)c(Br)c1. The molecular formula is C16H22BrN3O. The van der Waals surface area contributed by atoms with Crippen LogP contribution in [0, 0.1) is 0 Å². The molecular weight excluding hydrogens is 330 g/mol. The van der Waals surface area contributed by atoms with Gasteiger partial charge in [-0.2, -0.15) is 0 Å². The molecule has 1 unspecified atom stereocenters. The molecule has 5 heteroatoms. The molecule has 3 rings (SSSR count). The zero-order valence-corrected chi connectivity index (χ0v) is 13.9. The number of hydrogen-bond acceptors (Lipinski definition) is 3. The van der Waals surface area contributed by atoms with Crippen molar-refractivity contribution in [1.82, 2.24) is 10.6 Å². The summed E-state index contributed by atoms with van der Waals surface area (Å²) in [6.45, 7) is 1.86. The average molecular weight is 352 g/mol. The molecule has 1 saturated carbocycles. The minimum atomic E-state index is -0.0302. The molecule has 114 valence electrons. The van der Waals surface area contributed by atoms with Crippen LogP contribution < -0.4 is 15.5 Å². The normalized spacial score (nSPS) is 21.6. The first-order chi connectivity index (χ1) is 10.2. The fourth-order valence-electron chi connectivity index (χ4n) is 2.91. The Morgan fingerprint density at radius 1 is 1.38 bits per heavy atom. The second kappa shape index (κ2) is 6.36. The quantitative estimate of drug-likeness (QED) is 0.856. The van der Waals surface area contributed by atoms with Gasteiger partial charge in [-0.25, -0.2) is 0 Å². The van der Waals surface area contributed by atoms with Gasteiger partial charge in [0.1, 0.15) is 6.04 Å². The monoisotopic (exact) mass is 351 g/mol. The summed E-state index contributed by atoms with van der Waals surface area (Å²) in [5.74, 6) is 0.114. The third kappa shape index (κ3) is 3.40. The van der Waals surface area contributed by atoms with E-state index in [0.29, 0.717) is 6.04 Å². The number of carbonyl (C=O) groups is 1. The molecule has 1 saturated heterocycles. The number of anilines is 1. The molecule has 0 aromatic heterocycles. The van der Waals surface area contributed by atoms with Crippen molar-refractivity contribution in [2.24, 2.45) is 0 Å². The van der Waals surface area contributed by atoms with Gasteiger partial charge in [-0.05, 0) is 43.4 Å². The Morgan fingerprint density at radius 2 is 2.19 bits per heavy atom.